The standard InChI is InChI=1S/C16H30N2O3/c1-13-3-4-15(21-13)5-6-16(19)18-10-7-14(8-11-18)20-12-2-9-17/h13-15H,2-12,17H2,1H3. The van der Waals surface area contributed by atoms with Gasteiger partial charge in [-0.15, -0.1) is 0 Å². The molecule has 2 fully saturated rings. The third-order valence-electron chi connectivity index (χ3n) is 4.50. The van der Waals surface area contributed by atoms with Gasteiger partial charge in [0.25, 0.3) is 0 Å². The first kappa shape index (κ1) is 16.7. The molecule has 122 valence electrons. The molecule has 2 heterocycles. The monoisotopic (exact) mass is 298 g/mol. The molecule has 0 aromatic rings. The smallest absolute Gasteiger partial charge is 0.222 e. The van der Waals surface area contributed by atoms with Gasteiger partial charge in [-0.05, 0) is 52.0 Å². The molecule has 21 heavy (non-hydrogen) atoms. The van der Waals surface area contributed by atoms with Crippen LogP contribution in [0.5, 0.6) is 0 Å². The number of nitrogens with two attached hydrogens (primary N) is 1. The fourth-order valence-electron chi connectivity index (χ4n) is 3.15. The summed E-state index contributed by atoms with van der Waals surface area (Å²) in [4.78, 5) is 14.2. The van der Waals surface area contributed by atoms with Crippen LogP contribution in [0.1, 0.15) is 51.9 Å². The van der Waals surface area contributed by atoms with Crippen LogP contribution in [0.15, 0.2) is 0 Å². The highest BCUT2D eigenvalue weighted by atomic mass is 16.5. The number of amides is 1. The van der Waals surface area contributed by atoms with Crippen molar-refractivity contribution in [1.29, 1.82) is 0 Å². The van der Waals surface area contributed by atoms with Crippen molar-refractivity contribution in [3.05, 3.63) is 0 Å². The lowest BCUT2D eigenvalue weighted by Gasteiger charge is -2.32. The average molecular weight is 298 g/mol. The summed E-state index contributed by atoms with van der Waals surface area (Å²) >= 11 is 0. The minimum absolute atomic E-state index is 0.276. The average Bonchev–Trinajstić information content (AvgIpc) is 2.91. The predicted molar refractivity (Wildman–Crippen MR) is 82.0 cm³/mol. The molecule has 2 saturated heterocycles. The zero-order valence-electron chi connectivity index (χ0n) is 13.3. The van der Waals surface area contributed by atoms with E-state index in [-0.39, 0.29) is 5.91 Å². The Bertz CT molecular complexity index is 317. The quantitative estimate of drug-likeness (QED) is 0.726. The van der Waals surface area contributed by atoms with Gasteiger partial charge < -0.3 is 20.1 Å². The topological polar surface area (TPSA) is 64.8 Å². The van der Waals surface area contributed by atoms with Gasteiger partial charge in [0.05, 0.1) is 18.3 Å². The van der Waals surface area contributed by atoms with Gasteiger partial charge >= 0.3 is 0 Å². The number of hydrogen-bond acceptors (Lipinski definition) is 4. The summed E-state index contributed by atoms with van der Waals surface area (Å²) in [6, 6.07) is 0. The highest BCUT2D eigenvalue weighted by Crippen LogP contribution is 2.23. The van der Waals surface area contributed by atoms with Crippen LogP contribution in [0.3, 0.4) is 0 Å². The highest BCUT2D eigenvalue weighted by Gasteiger charge is 2.26. The largest absolute Gasteiger partial charge is 0.378 e. The van der Waals surface area contributed by atoms with Crippen molar-refractivity contribution in [1.82, 2.24) is 4.90 Å². The summed E-state index contributed by atoms with van der Waals surface area (Å²) in [7, 11) is 0. The van der Waals surface area contributed by atoms with Gasteiger partial charge in [-0.25, -0.2) is 0 Å². The zero-order valence-corrected chi connectivity index (χ0v) is 13.3. The lowest BCUT2D eigenvalue weighted by Crippen LogP contribution is -2.41. The minimum atomic E-state index is 0.276. The molecule has 5 nitrogen and oxygen atoms in total. The van der Waals surface area contributed by atoms with E-state index in [9.17, 15) is 4.79 Å². The van der Waals surface area contributed by atoms with E-state index >= 15 is 0 Å². The van der Waals surface area contributed by atoms with Crippen molar-refractivity contribution in [2.24, 2.45) is 5.73 Å². The number of ether oxygens (including phenoxy) is 2. The van der Waals surface area contributed by atoms with Gasteiger partial charge in [-0.1, -0.05) is 0 Å². The third kappa shape index (κ3) is 5.57. The molecule has 0 aromatic carbocycles. The van der Waals surface area contributed by atoms with E-state index in [4.69, 9.17) is 15.2 Å². The third-order valence-corrected chi connectivity index (χ3v) is 4.50. The number of rotatable bonds is 7. The highest BCUT2D eigenvalue weighted by molar-refractivity contribution is 5.76. The molecule has 0 radical (unpaired) electrons. The van der Waals surface area contributed by atoms with Crippen molar-refractivity contribution >= 4 is 5.91 Å². The molecule has 2 unspecified atom stereocenters. The van der Waals surface area contributed by atoms with Crippen LogP contribution in [-0.4, -0.2) is 55.4 Å². The maximum absolute atomic E-state index is 12.2. The Morgan fingerprint density at radius 1 is 1.29 bits per heavy atom. The second-order valence-corrected chi connectivity index (χ2v) is 6.28. The van der Waals surface area contributed by atoms with Gasteiger partial charge in [-0.3, -0.25) is 4.79 Å². The normalized spacial score (nSPS) is 27.2. The first-order valence-electron chi connectivity index (χ1n) is 8.44. The molecule has 0 aliphatic carbocycles. The van der Waals surface area contributed by atoms with Gasteiger partial charge in [0.2, 0.25) is 5.91 Å². The molecule has 1 amide bonds. The van der Waals surface area contributed by atoms with E-state index in [1.165, 1.54) is 0 Å². The summed E-state index contributed by atoms with van der Waals surface area (Å²) in [5.74, 6) is 0.276. The van der Waals surface area contributed by atoms with Crippen LogP contribution in [0, 0.1) is 0 Å². The molecular formula is C16H30N2O3. The summed E-state index contributed by atoms with van der Waals surface area (Å²) < 4.78 is 11.5. The SMILES string of the molecule is CC1CCC(CCC(=O)N2CCC(OCCCN)CC2)O1. The van der Waals surface area contributed by atoms with E-state index in [0.29, 0.717) is 31.3 Å². The second kappa shape index (κ2) is 8.71. The van der Waals surface area contributed by atoms with E-state index in [1.54, 1.807) is 0 Å². The maximum Gasteiger partial charge on any atom is 0.222 e. The van der Waals surface area contributed by atoms with Crippen LogP contribution in [0.2, 0.25) is 0 Å². The Morgan fingerprint density at radius 3 is 2.67 bits per heavy atom. The van der Waals surface area contributed by atoms with Crippen molar-refractivity contribution in [2.75, 3.05) is 26.2 Å². The summed E-state index contributed by atoms with van der Waals surface area (Å²) in [5.41, 5.74) is 5.46. The Hall–Kier alpha value is -0.650. The first-order valence-corrected chi connectivity index (χ1v) is 8.44. The van der Waals surface area contributed by atoms with Crippen molar-refractivity contribution in [3.63, 3.8) is 0 Å². The Kier molecular flexibility index (Phi) is 6.93. The first-order chi connectivity index (χ1) is 10.2. The molecule has 5 heteroatoms. The molecule has 2 aliphatic heterocycles. The van der Waals surface area contributed by atoms with Crippen molar-refractivity contribution in [2.45, 2.75) is 70.2 Å². The maximum atomic E-state index is 12.2. The van der Waals surface area contributed by atoms with Crippen LogP contribution in [0.4, 0.5) is 0 Å². The van der Waals surface area contributed by atoms with Crippen LogP contribution >= 0.6 is 0 Å². The number of carbonyl (C=O) groups excluding carboxylic acids is 1. The zero-order chi connectivity index (χ0) is 15.1. The molecule has 2 N–H and O–H groups in total. The van der Waals surface area contributed by atoms with Crippen LogP contribution < -0.4 is 5.73 Å². The molecule has 2 rings (SSSR count). The number of likely N-dealkylation sites (tertiary alicyclic amines) is 1. The van der Waals surface area contributed by atoms with Gasteiger partial charge in [0.1, 0.15) is 0 Å². The van der Waals surface area contributed by atoms with E-state index in [0.717, 1.165) is 58.2 Å². The van der Waals surface area contributed by atoms with Crippen molar-refractivity contribution < 1.29 is 14.3 Å². The van der Waals surface area contributed by atoms with Gasteiger partial charge in [-0.2, -0.15) is 0 Å². The fraction of sp³-hybridized carbons (Fsp3) is 0.938. The predicted octanol–water partition coefficient (Wildman–Crippen LogP) is 1.69. The summed E-state index contributed by atoms with van der Waals surface area (Å²) in [6.07, 6.45) is 7.51. The molecule has 2 atom stereocenters. The Morgan fingerprint density at radius 2 is 2.05 bits per heavy atom. The Balaban J connectivity index is 1.59. The second-order valence-electron chi connectivity index (χ2n) is 6.28. The molecule has 0 saturated carbocycles. The van der Waals surface area contributed by atoms with Crippen LogP contribution in [0.25, 0.3) is 0 Å². The lowest BCUT2D eigenvalue weighted by atomic mass is 10.1. The van der Waals surface area contributed by atoms with Gasteiger partial charge in [0, 0.05) is 26.1 Å². The number of nitrogens with zero attached hydrogens (tertiary/aromatic N) is 1. The lowest BCUT2D eigenvalue weighted by molar-refractivity contribution is -0.134. The van der Waals surface area contributed by atoms with Crippen LogP contribution in [-0.2, 0) is 14.3 Å². The molecule has 0 aromatic heterocycles. The number of piperidine rings is 1. The fourth-order valence-corrected chi connectivity index (χ4v) is 3.15. The molecule has 2 aliphatic rings. The molecule has 0 bridgehead atoms. The number of carbonyl (C=O) groups is 1. The molecular weight excluding hydrogens is 268 g/mol. The number of hydrogen-bond donors (Lipinski definition) is 1. The van der Waals surface area contributed by atoms with E-state index < -0.39 is 0 Å². The Labute approximate surface area is 128 Å². The molecule has 0 spiro atoms. The summed E-state index contributed by atoms with van der Waals surface area (Å²) in [6.45, 7) is 5.19. The minimum Gasteiger partial charge on any atom is -0.378 e. The van der Waals surface area contributed by atoms with Gasteiger partial charge in [0.15, 0.2) is 0 Å². The van der Waals surface area contributed by atoms with E-state index in [1.807, 2.05) is 4.90 Å². The van der Waals surface area contributed by atoms with E-state index in [2.05, 4.69) is 6.92 Å². The summed E-state index contributed by atoms with van der Waals surface area (Å²) in [5, 5.41) is 0. The van der Waals surface area contributed by atoms with Crippen molar-refractivity contribution in [3.8, 4) is 0 Å².